The standard InChI is InChI=1S/C20H20N4O3/c1-14-4-2-5-15(12-14)22-8-10-23(11-9-22)17(25)13-24-19(26)16-6-3-7-21-18(16)20(24)27/h2-7,12H,8-11,13H2,1H3. The molecule has 1 fully saturated rings. The minimum Gasteiger partial charge on any atom is -0.368 e. The molecule has 0 saturated carbocycles. The Morgan fingerprint density at radius 1 is 1.04 bits per heavy atom. The Hall–Kier alpha value is -3.22. The van der Waals surface area contributed by atoms with Gasteiger partial charge in [0.25, 0.3) is 11.8 Å². The Bertz CT molecular complexity index is 884. The molecule has 1 aromatic heterocycles. The number of aromatic nitrogens is 1. The molecule has 0 N–H and O–H groups in total. The van der Waals surface area contributed by atoms with Crippen molar-refractivity contribution in [2.75, 3.05) is 37.6 Å². The van der Waals surface area contributed by atoms with Gasteiger partial charge in [0.2, 0.25) is 5.91 Å². The summed E-state index contributed by atoms with van der Waals surface area (Å²) in [6.45, 7) is 4.39. The van der Waals surface area contributed by atoms with E-state index in [9.17, 15) is 14.4 Å². The van der Waals surface area contributed by atoms with Gasteiger partial charge in [0.15, 0.2) is 0 Å². The quantitative estimate of drug-likeness (QED) is 0.769. The number of piperazine rings is 1. The van der Waals surface area contributed by atoms with Gasteiger partial charge in [0.1, 0.15) is 12.2 Å². The van der Waals surface area contributed by atoms with Crippen LogP contribution in [-0.4, -0.2) is 65.2 Å². The Balaban J connectivity index is 1.38. The third-order valence-corrected chi connectivity index (χ3v) is 5.02. The summed E-state index contributed by atoms with van der Waals surface area (Å²) in [6.07, 6.45) is 1.47. The first-order chi connectivity index (χ1) is 13.0. The predicted octanol–water partition coefficient (Wildman–Crippen LogP) is 1.33. The average Bonchev–Trinajstić information content (AvgIpc) is 2.93. The van der Waals surface area contributed by atoms with Crippen molar-refractivity contribution in [2.45, 2.75) is 6.92 Å². The largest absolute Gasteiger partial charge is 0.368 e. The molecule has 0 unspecified atom stereocenters. The van der Waals surface area contributed by atoms with Gasteiger partial charge in [-0.05, 0) is 36.8 Å². The van der Waals surface area contributed by atoms with E-state index in [0.29, 0.717) is 13.1 Å². The van der Waals surface area contributed by atoms with E-state index < -0.39 is 11.8 Å². The summed E-state index contributed by atoms with van der Waals surface area (Å²) >= 11 is 0. The number of fused-ring (bicyclic) bond motifs is 1. The van der Waals surface area contributed by atoms with Crippen molar-refractivity contribution >= 4 is 23.4 Å². The van der Waals surface area contributed by atoms with Crippen molar-refractivity contribution in [3.05, 3.63) is 59.4 Å². The van der Waals surface area contributed by atoms with E-state index in [0.717, 1.165) is 23.7 Å². The summed E-state index contributed by atoms with van der Waals surface area (Å²) in [4.78, 5) is 46.3. The van der Waals surface area contributed by atoms with Gasteiger partial charge in [-0.1, -0.05) is 12.1 Å². The topological polar surface area (TPSA) is 73.8 Å². The molecular formula is C20H20N4O3. The molecular weight excluding hydrogens is 344 g/mol. The molecule has 138 valence electrons. The Labute approximate surface area is 157 Å². The molecule has 7 heteroatoms. The zero-order chi connectivity index (χ0) is 19.0. The molecule has 1 aromatic carbocycles. The summed E-state index contributed by atoms with van der Waals surface area (Å²) in [7, 11) is 0. The van der Waals surface area contributed by atoms with Crippen LogP contribution in [0.5, 0.6) is 0 Å². The lowest BCUT2D eigenvalue weighted by Gasteiger charge is -2.36. The lowest BCUT2D eigenvalue weighted by Crippen LogP contribution is -2.52. The number of imide groups is 1. The molecule has 0 aliphatic carbocycles. The van der Waals surface area contributed by atoms with Crippen molar-refractivity contribution in [1.82, 2.24) is 14.8 Å². The van der Waals surface area contributed by atoms with Crippen molar-refractivity contribution < 1.29 is 14.4 Å². The molecule has 2 aromatic rings. The highest BCUT2D eigenvalue weighted by Crippen LogP contribution is 2.21. The second-order valence-corrected chi connectivity index (χ2v) is 6.80. The highest BCUT2D eigenvalue weighted by atomic mass is 16.2. The number of aryl methyl sites for hydroxylation is 1. The van der Waals surface area contributed by atoms with E-state index in [1.54, 1.807) is 17.0 Å². The third kappa shape index (κ3) is 3.16. The van der Waals surface area contributed by atoms with E-state index in [2.05, 4.69) is 35.0 Å². The molecule has 3 amide bonds. The van der Waals surface area contributed by atoms with E-state index in [-0.39, 0.29) is 23.7 Å². The molecule has 0 bridgehead atoms. The monoisotopic (exact) mass is 364 g/mol. The summed E-state index contributed by atoms with van der Waals surface area (Å²) < 4.78 is 0. The third-order valence-electron chi connectivity index (χ3n) is 5.02. The first-order valence-corrected chi connectivity index (χ1v) is 8.95. The van der Waals surface area contributed by atoms with Gasteiger partial charge in [-0.25, -0.2) is 0 Å². The number of rotatable bonds is 3. The smallest absolute Gasteiger partial charge is 0.280 e. The summed E-state index contributed by atoms with van der Waals surface area (Å²) in [6, 6.07) is 11.5. The van der Waals surface area contributed by atoms with Crippen LogP contribution in [0.3, 0.4) is 0 Å². The van der Waals surface area contributed by atoms with Crippen LogP contribution in [0.2, 0.25) is 0 Å². The first kappa shape index (κ1) is 17.2. The zero-order valence-corrected chi connectivity index (χ0v) is 15.1. The highest BCUT2D eigenvalue weighted by Gasteiger charge is 2.38. The van der Waals surface area contributed by atoms with Gasteiger partial charge in [0.05, 0.1) is 5.56 Å². The van der Waals surface area contributed by atoms with Crippen molar-refractivity contribution in [3.8, 4) is 0 Å². The van der Waals surface area contributed by atoms with E-state index in [1.165, 1.54) is 11.8 Å². The maximum absolute atomic E-state index is 12.6. The number of carbonyl (C=O) groups is 3. The molecule has 2 aliphatic heterocycles. The van der Waals surface area contributed by atoms with Gasteiger partial charge in [0, 0.05) is 38.1 Å². The molecule has 7 nitrogen and oxygen atoms in total. The van der Waals surface area contributed by atoms with Gasteiger partial charge in [-0.3, -0.25) is 24.3 Å². The molecule has 0 atom stereocenters. The summed E-state index contributed by atoms with van der Waals surface area (Å²) in [5.41, 5.74) is 2.73. The zero-order valence-electron chi connectivity index (χ0n) is 15.1. The summed E-state index contributed by atoms with van der Waals surface area (Å²) in [5.74, 6) is -1.16. The van der Waals surface area contributed by atoms with E-state index >= 15 is 0 Å². The maximum atomic E-state index is 12.6. The van der Waals surface area contributed by atoms with E-state index in [4.69, 9.17) is 0 Å². The van der Waals surface area contributed by atoms with Crippen molar-refractivity contribution in [3.63, 3.8) is 0 Å². The van der Waals surface area contributed by atoms with Crippen LogP contribution in [-0.2, 0) is 4.79 Å². The first-order valence-electron chi connectivity index (χ1n) is 8.95. The number of anilines is 1. The highest BCUT2D eigenvalue weighted by molar-refractivity contribution is 6.21. The van der Waals surface area contributed by atoms with Gasteiger partial charge in [-0.15, -0.1) is 0 Å². The normalized spacial score (nSPS) is 16.7. The minimum atomic E-state index is -0.498. The molecule has 0 radical (unpaired) electrons. The van der Waals surface area contributed by atoms with Crippen LogP contribution in [0.4, 0.5) is 5.69 Å². The fourth-order valence-corrected chi connectivity index (χ4v) is 3.53. The average molecular weight is 364 g/mol. The lowest BCUT2D eigenvalue weighted by molar-refractivity contribution is -0.131. The molecule has 0 spiro atoms. The Morgan fingerprint density at radius 3 is 2.52 bits per heavy atom. The second kappa shape index (κ2) is 6.83. The number of carbonyl (C=O) groups excluding carboxylic acids is 3. The van der Waals surface area contributed by atoms with Crippen molar-refractivity contribution in [2.24, 2.45) is 0 Å². The van der Waals surface area contributed by atoms with Crippen LogP contribution in [0.1, 0.15) is 26.4 Å². The number of hydrogen-bond acceptors (Lipinski definition) is 5. The number of pyridine rings is 1. The SMILES string of the molecule is Cc1cccc(N2CCN(C(=O)CN3C(=O)c4cccnc4C3=O)CC2)c1. The Morgan fingerprint density at radius 2 is 1.81 bits per heavy atom. The molecule has 27 heavy (non-hydrogen) atoms. The maximum Gasteiger partial charge on any atom is 0.280 e. The van der Waals surface area contributed by atoms with E-state index in [1.807, 2.05) is 6.07 Å². The van der Waals surface area contributed by atoms with Crippen molar-refractivity contribution in [1.29, 1.82) is 0 Å². The van der Waals surface area contributed by atoms with Crippen LogP contribution in [0, 0.1) is 6.92 Å². The number of amides is 3. The Kier molecular flexibility index (Phi) is 4.35. The number of hydrogen-bond donors (Lipinski definition) is 0. The summed E-state index contributed by atoms with van der Waals surface area (Å²) in [5, 5.41) is 0. The second-order valence-electron chi connectivity index (χ2n) is 6.80. The molecule has 4 rings (SSSR count). The van der Waals surface area contributed by atoms with Crippen LogP contribution in [0.15, 0.2) is 42.6 Å². The van der Waals surface area contributed by atoms with Gasteiger partial charge in [-0.2, -0.15) is 0 Å². The molecule has 2 aliphatic rings. The predicted molar refractivity (Wildman–Crippen MR) is 99.6 cm³/mol. The van der Waals surface area contributed by atoms with Crippen LogP contribution < -0.4 is 4.90 Å². The lowest BCUT2D eigenvalue weighted by atomic mass is 10.2. The van der Waals surface area contributed by atoms with Crippen LogP contribution >= 0.6 is 0 Å². The van der Waals surface area contributed by atoms with Crippen LogP contribution in [0.25, 0.3) is 0 Å². The minimum absolute atomic E-state index is 0.125. The fraction of sp³-hybridized carbons (Fsp3) is 0.300. The van der Waals surface area contributed by atoms with Gasteiger partial charge < -0.3 is 9.80 Å². The fourth-order valence-electron chi connectivity index (χ4n) is 3.53. The number of nitrogens with zero attached hydrogens (tertiary/aromatic N) is 4. The van der Waals surface area contributed by atoms with Gasteiger partial charge >= 0.3 is 0 Å². The molecule has 1 saturated heterocycles. The number of benzene rings is 1. The molecule has 3 heterocycles.